The first-order valence-corrected chi connectivity index (χ1v) is 11.8. The normalized spacial score (nSPS) is 13.5. The highest BCUT2D eigenvalue weighted by atomic mass is 16.5. The fraction of sp³-hybridized carbons (Fsp3) is 0.308. The van der Waals surface area contributed by atoms with Crippen LogP contribution < -0.4 is 10.1 Å². The average molecular weight is 499 g/mol. The first-order chi connectivity index (χ1) is 17.8. The Morgan fingerprint density at radius 3 is 2.68 bits per heavy atom. The summed E-state index contributed by atoms with van der Waals surface area (Å²) in [5.41, 5.74) is 3.49. The summed E-state index contributed by atoms with van der Waals surface area (Å²) < 4.78 is 13.5. The van der Waals surface area contributed by atoms with Crippen LogP contribution in [-0.2, 0) is 11.8 Å². The molecule has 1 N–H and O–H groups in total. The molecule has 0 aromatic carbocycles. The van der Waals surface area contributed by atoms with Crippen LogP contribution >= 0.6 is 0 Å². The summed E-state index contributed by atoms with van der Waals surface area (Å²) >= 11 is 0. The number of rotatable bonds is 7. The lowest BCUT2D eigenvalue weighted by Crippen LogP contribution is -2.55. The molecule has 1 aliphatic heterocycles. The van der Waals surface area contributed by atoms with Gasteiger partial charge < -0.3 is 24.3 Å². The number of aryl methyl sites for hydroxylation is 2. The van der Waals surface area contributed by atoms with Crippen molar-refractivity contribution in [3.8, 4) is 17.7 Å². The van der Waals surface area contributed by atoms with E-state index in [2.05, 4.69) is 25.3 Å². The number of aromatic nitrogens is 5. The zero-order valence-electron chi connectivity index (χ0n) is 21.0. The fourth-order valence-corrected chi connectivity index (χ4v) is 4.04. The van der Waals surface area contributed by atoms with Crippen molar-refractivity contribution >= 4 is 28.6 Å². The molecule has 5 rings (SSSR count). The van der Waals surface area contributed by atoms with E-state index in [1.54, 1.807) is 46.3 Å². The van der Waals surface area contributed by atoms with Crippen molar-refractivity contribution in [3.05, 3.63) is 59.8 Å². The molecule has 4 aromatic heterocycles. The lowest BCUT2D eigenvalue weighted by atomic mass is 10.1. The summed E-state index contributed by atoms with van der Waals surface area (Å²) in [5.74, 6) is 1.30. The molecule has 0 saturated carbocycles. The Hall–Kier alpha value is -4.56. The van der Waals surface area contributed by atoms with Gasteiger partial charge in [0.25, 0.3) is 5.91 Å². The van der Waals surface area contributed by atoms with Crippen molar-refractivity contribution in [1.82, 2.24) is 29.4 Å². The number of nitrogens with one attached hydrogen (secondary N) is 1. The van der Waals surface area contributed by atoms with Gasteiger partial charge in [-0.25, -0.2) is 15.0 Å². The Labute approximate surface area is 213 Å². The molecule has 11 nitrogen and oxygen atoms in total. The number of carbonyl (C=O) groups is 1. The molecule has 4 aromatic rings. The van der Waals surface area contributed by atoms with Crippen LogP contribution in [0.3, 0.4) is 0 Å². The van der Waals surface area contributed by atoms with E-state index >= 15 is 0 Å². The van der Waals surface area contributed by atoms with Gasteiger partial charge in [0.1, 0.15) is 23.1 Å². The third-order valence-electron chi connectivity index (χ3n) is 5.91. The molecule has 11 heteroatoms. The first-order valence-electron chi connectivity index (χ1n) is 11.8. The molecule has 37 heavy (non-hydrogen) atoms. The van der Waals surface area contributed by atoms with E-state index in [0.29, 0.717) is 58.6 Å². The number of amides is 1. The third kappa shape index (κ3) is 5.05. The molecule has 1 aliphatic rings. The lowest BCUT2D eigenvalue weighted by Gasteiger charge is -2.39. The molecule has 0 bridgehead atoms. The van der Waals surface area contributed by atoms with Crippen LogP contribution in [0.2, 0.25) is 0 Å². The van der Waals surface area contributed by atoms with Gasteiger partial charge in [-0.2, -0.15) is 10.2 Å². The van der Waals surface area contributed by atoms with Crippen LogP contribution in [0.25, 0.3) is 11.2 Å². The Bertz CT molecular complexity index is 1500. The number of likely N-dealkylation sites (tertiary alicyclic amines) is 1. The van der Waals surface area contributed by atoms with Gasteiger partial charge in [0.05, 0.1) is 36.0 Å². The molecule has 188 valence electrons. The van der Waals surface area contributed by atoms with Gasteiger partial charge in [-0.1, -0.05) is 0 Å². The summed E-state index contributed by atoms with van der Waals surface area (Å²) in [6.07, 6.45) is 4.96. The van der Waals surface area contributed by atoms with Crippen LogP contribution in [0, 0.1) is 18.3 Å². The molecule has 0 atom stereocenters. The maximum absolute atomic E-state index is 12.7. The highest BCUT2D eigenvalue weighted by Crippen LogP contribution is 2.31. The zero-order chi connectivity index (χ0) is 26.1. The lowest BCUT2D eigenvalue weighted by molar-refractivity contribution is -0.0684. The number of anilines is 2. The van der Waals surface area contributed by atoms with E-state index in [4.69, 9.17) is 14.7 Å². The smallest absolute Gasteiger partial charge is 0.255 e. The quantitative estimate of drug-likeness (QED) is 0.405. The summed E-state index contributed by atoms with van der Waals surface area (Å²) in [4.78, 5) is 32.0. The second-order valence-electron chi connectivity index (χ2n) is 9.16. The number of nitriles is 1. The van der Waals surface area contributed by atoms with E-state index in [9.17, 15) is 4.79 Å². The summed E-state index contributed by atoms with van der Waals surface area (Å²) in [7, 11) is 1.84. The largest absolute Gasteiger partial charge is 0.437 e. The number of hydrogen-bond donors (Lipinski definition) is 1. The van der Waals surface area contributed by atoms with Crippen LogP contribution in [0.4, 0.5) is 11.5 Å². The molecular weight excluding hydrogens is 472 g/mol. The van der Waals surface area contributed by atoms with Crippen molar-refractivity contribution in [3.63, 3.8) is 0 Å². The van der Waals surface area contributed by atoms with Gasteiger partial charge in [-0.15, -0.1) is 0 Å². The second-order valence-corrected chi connectivity index (χ2v) is 9.16. The number of fused-ring (bicyclic) bond motifs is 1. The molecule has 1 saturated heterocycles. The van der Waals surface area contributed by atoms with E-state index < -0.39 is 0 Å². The van der Waals surface area contributed by atoms with Gasteiger partial charge in [0, 0.05) is 32.4 Å². The van der Waals surface area contributed by atoms with E-state index in [-0.39, 0.29) is 18.1 Å². The monoisotopic (exact) mass is 498 g/mol. The Morgan fingerprint density at radius 1 is 1.19 bits per heavy atom. The molecule has 1 fully saturated rings. The van der Waals surface area contributed by atoms with E-state index in [1.807, 2.05) is 33.9 Å². The van der Waals surface area contributed by atoms with Gasteiger partial charge in [-0.3, -0.25) is 4.79 Å². The molecule has 0 aliphatic carbocycles. The molecule has 5 heterocycles. The minimum absolute atomic E-state index is 0.0687. The van der Waals surface area contributed by atoms with Gasteiger partial charge in [-0.05, 0) is 44.5 Å². The SMILES string of the molecule is Cc1cc(C#N)ncc1Oc1cc(Nc2ccc(C(=O)N3CC(OC(C)C)C3)cn2)c2ncn(C)c2n1. The van der Waals surface area contributed by atoms with Crippen molar-refractivity contribution in [2.75, 3.05) is 18.4 Å². The predicted molar refractivity (Wildman–Crippen MR) is 136 cm³/mol. The number of pyridine rings is 3. The molecule has 0 radical (unpaired) electrons. The topological polar surface area (TPSA) is 131 Å². The fourth-order valence-electron chi connectivity index (χ4n) is 4.04. The number of carbonyl (C=O) groups excluding carboxylic acids is 1. The number of nitrogens with zero attached hydrogens (tertiary/aromatic N) is 7. The summed E-state index contributed by atoms with van der Waals surface area (Å²) in [6, 6.07) is 8.89. The van der Waals surface area contributed by atoms with Crippen molar-refractivity contribution in [2.45, 2.75) is 33.0 Å². The summed E-state index contributed by atoms with van der Waals surface area (Å²) in [5, 5.41) is 12.3. The molecular formula is C26H26N8O3. The maximum atomic E-state index is 12.7. The molecule has 1 amide bonds. The van der Waals surface area contributed by atoms with Gasteiger partial charge >= 0.3 is 0 Å². The molecule has 0 spiro atoms. The standard InChI is InChI=1S/C26H26N8O3/c1-15(2)36-19-12-34(13-19)26(35)17-5-6-22(29-10-17)31-20-8-23(32-25-24(20)30-14-33(25)4)37-21-11-28-18(9-27)7-16(21)3/h5-8,10-11,14-15,19H,12-13H2,1-4H3,(H,29,31,32). The minimum atomic E-state index is -0.0687. The maximum Gasteiger partial charge on any atom is 0.255 e. The highest BCUT2D eigenvalue weighted by Gasteiger charge is 2.32. The van der Waals surface area contributed by atoms with Gasteiger partial charge in [0.15, 0.2) is 11.4 Å². The third-order valence-corrected chi connectivity index (χ3v) is 5.91. The highest BCUT2D eigenvalue weighted by molar-refractivity contribution is 5.95. The van der Waals surface area contributed by atoms with Gasteiger partial charge in [0.2, 0.25) is 5.88 Å². The Kier molecular flexibility index (Phi) is 6.42. The van der Waals surface area contributed by atoms with Crippen LogP contribution in [0.5, 0.6) is 11.6 Å². The van der Waals surface area contributed by atoms with E-state index in [0.717, 1.165) is 5.56 Å². The second kappa shape index (κ2) is 9.83. The number of imidazole rings is 1. The Morgan fingerprint density at radius 2 is 2.00 bits per heavy atom. The zero-order valence-corrected chi connectivity index (χ0v) is 21.0. The van der Waals surface area contributed by atoms with Crippen LogP contribution in [-0.4, -0.2) is 60.6 Å². The minimum Gasteiger partial charge on any atom is -0.437 e. The van der Waals surface area contributed by atoms with E-state index in [1.165, 1.54) is 6.20 Å². The van der Waals surface area contributed by atoms with Crippen LogP contribution in [0.1, 0.15) is 35.5 Å². The van der Waals surface area contributed by atoms with Crippen LogP contribution in [0.15, 0.2) is 43.0 Å². The van der Waals surface area contributed by atoms with Crippen molar-refractivity contribution < 1.29 is 14.3 Å². The average Bonchev–Trinajstić information content (AvgIpc) is 3.23. The van der Waals surface area contributed by atoms with Crippen molar-refractivity contribution in [2.24, 2.45) is 7.05 Å². The Balaban J connectivity index is 1.34. The first kappa shape index (κ1) is 24.1. The number of ether oxygens (including phenoxy) is 2. The number of hydrogen-bond acceptors (Lipinski definition) is 9. The predicted octanol–water partition coefficient (Wildman–Crippen LogP) is 3.72. The van der Waals surface area contributed by atoms with Crippen molar-refractivity contribution in [1.29, 1.82) is 5.26 Å². The summed E-state index contributed by atoms with van der Waals surface area (Å²) in [6.45, 7) is 6.99. The molecule has 0 unspecified atom stereocenters.